The van der Waals surface area contributed by atoms with Crippen LogP contribution in [-0.4, -0.2) is 35.9 Å². The SMILES string of the molecule is CC1(C)OB(C(=Cc2c[nH]c(=O)c(N)c2)CNC(=O)OCc2ccccc2)OC1(C)C. The first-order valence-corrected chi connectivity index (χ1v) is 10.1. The summed E-state index contributed by atoms with van der Waals surface area (Å²) in [6.07, 6.45) is 2.75. The number of aromatic nitrogens is 1. The second kappa shape index (κ2) is 8.99. The van der Waals surface area contributed by atoms with Gasteiger partial charge in [-0.25, -0.2) is 4.79 Å². The van der Waals surface area contributed by atoms with Crippen LogP contribution >= 0.6 is 0 Å². The molecule has 1 aromatic heterocycles. The lowest BCUT2D eigenvalue weighted by Gasteiger charge is -2.32. The van der Waals surface area contributed by atoms with Gasteiger partial charge in [-0.3, -0.25) is 4.79 Å². The van der Waals surface area contributed by atoms with Gasteiger partial charge in [0.05, 0.1) is 16.9 Å². The predicted octanol–water partition coefficient (Wildman–Crippen LogP) is 2.90. The van der Waals surface area contributed by atoms with Gasteiger partial charge in [0.2, 0.25) is 0 Å². The van der Waals surface area contributed by atoms with E-state index in [2.05, 4.69) is 10.3 Å². The molecule has 0 bridgehead atoms. The van der Waals surface area contributed by atoms with Gasteiger partial charge >= 0.3 is 13.2 Å². The summed E-state index contributed by atoms with van der Waals surface area (Å²) in [5.74, 6) is 0. The van der Waals surface area contributed by atoms with Crippen molar-refractivity contribution >= 4 is 25.0 Å². The highest BCUT2D eigenvalue weighted by molar-refractivity contribution is 6.56. The summed E-state index contributed by atoms with van der Waals surface area (Å²) in [5.41, 5.74) is 6.56. The average molecular weight is 425 g/mol. The maximum Gasteiger partial charge on any atom is 0.492 e. The number of amides is 1. The minimum Gasteiger partial charge on any atom is -0.445 e. The van der Waals surface area contributed by atoms with Crippen molar-refractivity contribution < 1.29 is 18.8 Å². The third-order valence-electron chi connectivity index (χ3n) is 5.51. The molecule has 1 saturated heterocycles. The minimum absolute atomic E-state index is 0.0947. The van der Waals surface area contributed by atoms with E-state index in [9.17, 15) is 9.59 Å². The number of carbonyl (C=O) groups is 1. The fourth-order valence-corrected chi connectivity index (χ4v) is 2.96. The highest BCUT2D eigenvalue weighted by Gasteiger charge is 2.52. The van der Waals surface area contributed by atoms with Crippen LogP contribution < -0.4 is 16.6 Å². The number of nitrogens with one attached hydrogen (secondary N) is 2. The van der Waals surface area contributed by atoms with Crippen LogP contribution in [0.25, 0.3) is 6.08 Å². The molecule has 2 aromatic rings. The fourth-order valence-electron chi connectivity index (χ4n) is 2.96. The number of rotatable bonds is 6. The largest absolute Gasteiger partial charge is 0.492 e. The van der Waals surface area contributed by atoms with Crippen LogP contribution in [0, 0.1) is 0 Å². The molecule has 0 aliphatic carbocycles. The highest BCUT2D eigenvalue weighted by Crippen LogP contribution is 2.38. The Morgan fingerprint density at radius 1 is 1.19 bits per heavy atom. The first-order chi connectivity index (χ1) is 14.6. The zero-order chi connectivity index (χ0) is 22.6. The number of anilines is 1. The first kappa shape index (κ1) is 22.6. The second-order valence-electron chi connectivity index (χ2n) is 8.44. The number of nitrogens with two attached hydrogens (primary N) is 1. The normalized spacial score (nSPS) is 17.4. The van der Waals surface area contributed by atoms with E-state index in [1.165, 1.54) is 6.20 Å². The van der Waals surface area contributed by atoms with Crippen LogP contribution in [0.4, 0.5) is 10.5 Å². The number of ether oxygens (including phenoxy) is 1. The van der Waals surface area contributed by atoms with Gasteiger partial charge in [-0.2, -0.15) is 0 Å². The predicted molar refractivity (Wildman–Crippen MR) is 120 cm³/mol. The van der Waals surface area contributed by atoms with Gasteiger partial charge in [-0.05, 0) is 50.4 Å². The molecule has 0 saturated carbocycles. The number of carbonyl (C=O) groups excluding carboxylic acids is 1. The summed E-state index contributed by atoms with van der Waals surface area (Å²) >= 11 is 0. The Kier molecular flexibility index (Phi) is 6.57. The number of hydrogen-bond donors (Lipinski definition) is 3. The zero-order valence-electron chi connectivity index (χ0n) is 18.2. The minimum atomic E-state index is -0.687. The van der Waals surface area contributed by atoms with Crippen molar-refractivity contribution in [2.24, 2.45) is 0 Å². The average Bonchev–Trinajstić information content (AvgIpc) is 2.94. The van der Waals surface area contributed by atoms with Gasteiger partial charge < -0.3 is 30.1 Å². The van der Waals surface area contributed by atoms with Crippen LogP contribution in [0.1, 0.15) is 38.8 Å². The van der Waals surface area contributed by atoms with Gasteiger partial charge in [0.15, 0.2) is 0 Å². The van der Waals surface area contributed by atoms with E-state index in [-0.39, 0.29) is 24.4 Å². The lowest BCUT2D eigenvalue weighted by Crippen LogP contribution is -2.41. The van der Waals surface area contributed by atoms with Crippen molar-refractivity contribution in [3.05, 3.63) is 69.5 Å². The molecule has 1 aliphatic heterocycles. The summed E-state index contributed by atoms with van der Waals surface area (Å²) in [6.45, 7) is 8.09. The number of H-pyrrole nitrogens is 1. The van der Waals surface area contributed by atoms with Crippen LogP contribution in [0.5, 0.6) is 0 Å². The topological polar surface area (TPSA) is 116 Å². The molecule has 164 valence electrons. The first-order valence-electron chi connectivity index (χ1n) is 10.1. The van der Waals surface area contributed by atoms with E-state index in [1.807, 2.05) is 58.0 Å². The molecule has 4 N–H and O–H groups in total. The number of alkyl carbamates (subject to hydrolysis) is 1. The fraction of sp³-hybridized carbons (Fsp3) is 0.364. The third kappa shape index (κ3) is 5.56. The molecule has 0 unspecified atom stereocenters. The molecular formula is C22H28BN3O5. The number of aromatic amines is 1. The molecule has 2 heterocycles. The molecule has 1 fully saturated rings. The summed E-state index contributed by atoms with van der Waals surface area (Å²) < 4.78 is 17.5. The Morgan fingerprint density at radius 2 is 1.84 bits per heavy atom. The summed E-state index contributed by atoms with van der Waals surface area (Å²) in [5, 5.41) is 2.74. The van der Waals surface area contributed by atoms with Crippen molar-refractivity contribution in [2.75, 3.05) is 12.3 Å². The second-order valence-corrected chi connectivity index (χ2v) is 8.44. The maximum atomic E-state index is 12.2. The molecular weight excluding hydrogens is 397 g/mol. The number of hydrogen-bond acceptors (Lipinski definition) is 6. The van der Waals surface area contributed by atoms with Gasteiger partial charge in [-0.15, -0.1) is 0 Å². The third-order valence-corrected chi connectivity index (χ3v) is 5.51. The molecule has 31 heavy (non-hydrogen) atoms. The molecule has 0 spiro atoms. The quantitative estimate of drug-likeness (QED) is 0.613. The molecule has 1 aliphatic rings. The van der Waals surface area contributed by atoms with Crippen LogP contribution in [0.3, 0.4) is 0 Å². The van der Waals surface area contributed by atoms with E-state index >= 15 is 0 Å². The molecule has 1 aromatic carbocycles. The van der Waals surface area contributed by atoms with Crippen molar-refractivity contribution in [1.82, 2.24) is 10.3 Å². The smallest absolute Gasteiger partial charge is 0.445 e. The number of pyridine rings is 1. The van der Waals surface area contributed by atoms with E-state index in [0.29, 0.717) is 11.0 Å². The van der Waals surface area contributed by atoms with Crippen molar-refractivity contribution in [2.45, 2.75) is 45.5 Å². The van der Waals surface area contributed by atoms with Crippen molar-refractivity contribution in [3.63, 3.8) is 0 Å². The van der Waals surface area contributed by atoms with Crippen LogP contribution in [0.2, 0.25) is 0 Å². The monoisotopic (exact) mass is 425 g/mol. The van der Waals surface area contributed by atoms with E-state index in [0.717, 1.165) is 5.56 Å². The van der Waals surface area contributed by atoms with Gasteiger partial charge in [0, 0.05) is 12.7 Å². The zero-order valence-corrected chi connectivity index (χ0v) is 18.2. The van der Waals surface area contributed by atoms with Gasteiger partial charge in [0.25, 0.3) is 5.56 Å². The number of nitrogen functional groups attached to an aromatic ring is 1. The Bertz CT molecular complexity index is 1000. The Hall–Kier alpha value is -3.04. The molecule has 0 radical (unpaired) electrons. The maximum absolute atomic E-state index is 12.2. The molecule has 1 amide bonds. The summed E-state index contributed by atoms with van der Waals surface area (Å²) in [7, 11) is -0.687. The molecule has 3 rings (SSSR count). The van der Waals surface area contributed by atoms with E-state index in [1.54, 1.807) is 12.1 Å². The van der Waals surface area contributed by atoms with Crippen LogP contribution in [0.15, 0.2) is 52.9 Å². The lowest BCUT2D eigenvalue weighted by molar-refractivity contribution is 0.00578. The highest BCUT2D eigenvalue weighted by atomic mass is 16.7. The Balaban J connectivity index is 1.74. The van der Waals surface area contributed by atoms with Gasteiger partial charge in [-0.1, -0.05) is 36.4 Å². The Labute approximate surface area is 181 Å². The molecule has 8 nitrogen and oxygen atoms in total. The van der Waals surface area contributed by atoms with Crippen molar-refractivity contribution in [1.29, 1.82) is 0 Å². The summed E-state index contributed by atoms with van der Waals surface area (Å²) in [6, 6.07) is 11.0. The molecule has 0 atom stereocenters. The molecule has 9 heteroatoms. The van der Waals surface area contributed by atoms with Crippen LogP contribution in [-0.2, 0) is 20.7 Å². The van der Waals surface area contributed by atoms with E-state index < -0.39 is 24.4 Å². The van der Waals surface area contributed by atoms with Gasteiger partial charge in [0.1, 0.15) is 6.61 Å². The number of benzene rings is 1. The summed E-state index contributed by atoms with van der Waals surface area (Å²) in [4.78, 5) is 26.4. The standard InChI is InChI=1S/C22H28BN3O5/c1-21(2)22(3,4)31-23(30-21)17(10-16-11-18(24)19(27)25-12-16)13-26-20(28)29-14-15-8-6-5-7-9-15/h5-12H,13-14,24H2,1-4H3,(H,25,27)(H,26,28). The van der Waals surface area contributed by atoms with E-state index in [4.69, 9.17) is 19.8 Å². The lowest BCUT2D eigenvalue weighted by atomic mass is 9.77. The Morgan fingerprint density at radius 3 is 2.45 bits per heavy atom. The van der Waals surface area contributed by atoms with Crippen molar-refractivity contribution in [3.8, 4) is 0 Å².